The van der Waals surface area contributed by atoms with E-state index in [0.29, 0.717) is 17.9 Å². The van der Waals surface area contributed by atoms with E-state index in [1.54, 1.807) is 0 Å². The average molecular weight is 268 g/mol. The van der Waals surface area contributed by atoms with Crippen LogP contribution in [0.3, 0.4) is 0 Å². The van der Waals surface area contributed by atoms with Crippen LogP contribution in [0.5, 0.6) is 0 Å². The highest BCUT2D eigenvalue weighted by atomic mass is 15.2. The van der Waals surface area contributed by atoms with Crippen LogP contribution in [-0.4, -0.2) is 29.6 Å². The van der Waals surface area contributed by atoms with Crippen molar-refractivity contribution in [1.82, 2.24) is 4.90 Å². The Hall–Kier alpha value is -0.0800. The van der Waals surface area contributed by atoms with Crippen LogP contribution in [0, 0.1) is 17.8 Å². The Kier molecular flexibility index (Phi) is 6.32. The fraction of sp³-hybridized carbons (Fsp3) is 1.00. The molecule has 1 aliphatic carbocycles. The van der Waals surface area contributed by atoms with Crippen molar-refractivity contribution in [2.45, 2.75) is 78.8 Å². The highest BCUT2D eigenvalue weighted by Gasteiger charge is 2.40. The van der Waals surface area contributed by atoms with Gasteiger partial charge in [0, 0.05) is 24.7 Å². The van der Waals surface area contributed by atoms with E-state index in [0.717, 1.165) is 12.5 Å². The lowest BCUT2D eigenvalue weighted by Crippen LogP contribution is -2.58. The summed E-state index contributed by atoms with van der Waals surface area (Å²) >= 11 is 0. The summed E-state index contributed by atoms with van der Waals surface area (Å²) in [6.07, 6.45) is 5.31. The van der Waals surface area contributed by atoms with Crippen molar-refractivity contribution in [3.8, 4) is 0 Å². The summed E-state index contributed by atoms with van der Waals surface area (Å²) in [6.45, 7) is 16.1. The molecule has 0 aromatic heterocycles. The third-order valence-electron chi connectivity index (χ3n) is 4.34. The molecular formula is C17H36N2. The van der Waals surface area contributed by atoms with Gasteiger partial charge in [-0.25, -0.2) is 0 Å². The Morgan fingerprint density at radius 2 is 1.47 bits per heavy atom. The van der Waals surface area contributed by atoms with Crippen molar-refractivity contribution >= 4 is 0 Å². The summed E-state index contributed by atoms with van der Waals surface area (Å²) in [6, 6.07) is 0.599. The van der Waals surface area contributed by atoms with Crippen LogP contribution in [0.2, 0.25) is 0 Å². The molecule has 114 valence electrons. The molecule has 1 rings (SSSR count). The van der Waals surface area contributed by atoms with Gasteiger partial charge in [-0.05, 0) is 57.3 Å². The third-order valence-corrected chi connectivity index (χ3v) is 4.34. The summed E-state index contributed by atoms with van der Waals surface area (Å²) in [4.78, 5) is 2.74. The van der Waals surface area contributed by atoms with Crippen LogP contribution in [-0.2, 0) is 0 Å². The minimum Gasteiger partial charge on any atom is -0.329 e. The molecule has 0 aliphatic heterocycles. The lowest BCUT2D eigenvalue weighted by molar-refractivity contribution is 0.0226. The van der Waals surface area contributed by atoms with E-state index < -0.39 is 0 Å². The summed E-state index contributed by atoms with van der Waals surface area (Å²) in [5, 5.41) is 0. The molecule has 0 unspecified atom stereocenters. The molecule has 1 fully saturated rings. The zero-order valence-corrected chi connectivity index (χ0v) is 14.1. The zero-order valence-electron chi connectivity index (χ0n) is 14.1. The maximum atomic E-state index is 6.30. The molecule has 0 aromatic rings. The minimum absolute atomic E-state index is 0.207. The fourth-order valence-electron chi connectivity index (χ4n) is 3.65. The Bertz CT molecular complexity index is 244. The quantitative estimate of drug-likeness (QED) is 0.687. The minimum atomic E-state index is 0.207. The SMILES string of the molecule is CC(C)CC(CN)(CC(C)C)N(CC1CC1)C(C)C. The van der Waals surface area contributed by atoms with Gasteiger partial charge >= 0.3 is 0 Å². The molecule has 0 amide bonds. The predicted molar refractivity (Wildman–Crippen MR) is 85.3 cm³/mol. The van der Waals surface area contributed by atoms with E-state index in [1.807, 2.05) is 0 Å². The molecule has 1 saturated carbocycles. The third kappa shape index (κ3) is 5.07. The van der Waals surface area contributed by atoms with E-state index >= 15 is 0 Å². The molecule has 2 N–H and O–H groups in total. The van der Waals surface area contributed by atoms with Crippen LogP contribution in [0.1, 0.15) is 67.2 Å². The molecular weight excluding hydrogens is 232 g/mol. The summed E-state index contributed by atoms with van der Waals surface area (Å²) < 4.78 is 0. The second-order valence-electron chi connectivity index (χ2n) is 7.81. The molecule has 0 spiro atoms. The maximum Gasteiger partial charge on any atom is 0.0339 e. The molecule has 0 radical (unpaired) electrons. The maximum absolute atomic E-state index is 6.30. The van der Waals surface area contributed by atoms with Gasteiger partial charge in [-0.3, -0.25) is 4.90 Å². The van der Waals surface area contributed by atoms with Gasteiger partial charge in [-0.2, -0.15) is 0 Å². The molecule has 0 heterocycles. The first-order valence-electron chi connectivity index (χ1n) is 8.27. The second-order valence-corrected chi connectivity index (χ2v) is 7.81. The van der Waals surface area contributed by atoms with Crippen LogP contribution in [0.4, 0.5) is 0 Å². The lowest BCUT2D eigenvalue weighted by Gasteiger charge is -2.48. The van der Waals surface area contributed by atoms with Crippen molar-refractivity contribution in [3.63, 3.8) is 0 Å². The molecule has 2 nitrogen and oxygen atoms in total. The van der Waals surface area contributed by atoms with Gasteiger partial charge in [0.15, 0.2) is 0 Å². The van der Waals surface area contributed by atoms with Crippen LogP contribution >= 0.6 is 0 Å². The molecule has 0 aromatic carbocycles. The first kappa shape index (κ1) is 17.0. The Balaban J connectivity index is 2.92. The molecule has 0 bridgehead atoms. The van der Waals surface area contributed by atoms with E-state index in [2.05, 4.69) is 46.4 Å². The van der Waals surface area contributed by atoms with Crippen LogP contribution < -0.4 is 5.73 Å². The first-order chi connectivity index (χ1) is 8.80. The number of hydrogen-bond acceptors (Lipinski definition) is 2. The molecule has 0 atom stereocenters. The standard InChI is InChI=1S/C17H36N2/c1-13(2)9-17(12-18,10-14(3)4)19(15(5)6)11-16-7-8-16/h13-16H,7-12,18H2,1-6H3. The van der Waals surface area contributed by atoms with Gasteiger partial charge < -0.3 is 5.73 Å². The topological polar surface area (TPSA) is 29.3 Å². The highest BCUT2D eigenvalue weighted by Crippen LogP contribution is 2.37. The van der Waals surface area contributed by atoms with Crippen LogP contribution in [0.25, 0.3) is 0 Å². The summed E-state index contributed by atoms with van der Waals surface area (Å²) in [5.41, 5.74) is 6.50. The monoisotopic (exact) mass is 268 g/mol. The van der Waals surface area contributed by atoms with E-state index in [-0.39, 0.29) is 5.54 Å². The van der Waals surface area contributed by atoms with Gasteiger partial charge in [-0.1, -0.05) is 27.7 Å². The Morgan fingerprint density at radius 1 is 1.00 bits per heavy atom. The zero-order chi connectivity index (χ0) is 14.6. The van der Waals surface area contributed by atoms with Crippen molar-refractivity contribution in [1.29, 1.82) is 0 Å². The summed E-state index contributed by atoms with van der Waals surface area (Å²) in [7, 11) is 0. The van der Waals surface area contributed by atoms with Crippen molar-refractivity contribution in [3.05, 3.63) is 0 Å². The van der Waals surface area contributed by atoms with Gasteiger partial charge in [0.05, 0.1) is 0 Å². The fourth-order valence-corrected chi connectivity index (χ4v) is 3.65. The smallest absolute Gasteiger partial charge is 0.0339 e. The van der Waals surface area contributed by atoms with E-state index in [1.165, 1.54) is 32.2 Å². The summed E-state index contributed by atoms with van der Waals surface area (Å²) in [5.74, 6) is 2.36. The predicted octanol–water partition coefficient (Wildman–Crippen LogP) is 3.90. The molecule has 2 heteroatoms. The van der Waals surface area contributed by atoms with Crippen LogP contribution in [0.15, 0.2) is 0 Å². The number of hydrogen-bond donors (Lipinski definition) is 1. The van der Waals surface area contributed by atoms with Gasteiger partial charge in [0.1, 0.15) is 0 Å². The van der Waals surface area contributed by atoms with Crippen molar-refractivity contribution < 1.29 is 0 Å². The van der Waals surface area contributed by atoms with E-state index in [9.17, 15) is 0 Å². The number of nitrogens with two attached hydrogens (primary N) is 1. The van der Waals surface area contributed by atoms with Crippen molar-refractivity contribution in [2.24, 2.45) is 23.5 Å². The Labute approximate surface area is 121 Å². The van der Waals surface area contributed by atoms with Gasteiger partial charge in [0.2, 0.25) is 0 Å². The van der Waals surface area contributed by atoms with Gasteiger partial charge in [0.25, 0.3) is 0 Å². The molecule has 1 aliphatic rings. The largest absolute Gasteiger partial charge is 0.329 e. The first-order valence-corrected chi connectivity index (χ1v) is 8.27. The second kappa shape index (κ2) is 7.08. The van der Waals surface area contributed by atoms with Gasteiger partial charge in [-0.15, -0.1) is 0 Å². The number of rotatable bonds is 9. The van der Waals surface area contributed by atoms with Crippen molar-refractivity contribution in [2.75, 3.05) is 13.1 Å². The number of nitrogens with zero attached hydrogens (tertiary/aromatic N) is 1. The normalized spacial score (nSPS) is 17.2. The Morgan fingerprint density at radius 3 is 1.74 bits per heavy atom. The molecule has 19 heavy (non-hydrogen) atoms. The average Bonchev–Trinajstić information content (AvgIpc) is 3.06. The lowest BCUT2D eigenvalue weighted by atomic mass is 9.79. The van der Waals surface area contributed by atoms with E-state index in [4.69, 9.17) is 5.73 Å². The molecule has 0 saturated heterocycles. The highest BCUT2D eigenvalue weighted by molar-refractivity contribution is 4.97.